The van der Waals surface area contributed by atoms with Gasteiger partial charge in [0.25, 0.3) is 5.91 Å². The topological polar surface area (TPSA) is 154 Å². The number of amides is 4. The quantitative estimate of drug-likeness (QED) is 0.130. The number of nitrogens with one attached hydrogen (secondary N) is 3. The van der Waals surface area contributed by atoms with Gasteiger partial charge in [-0.3, -0.25) is 29.2 Å². The van der Waals surface area contributed by atoms with E-state index in [9.17, 15) is 19.2 Å². The van der Waals surface area contributed by atoms with Crippen LogP contribution in [-0.4, -0.2) is 90.9 Å². The Morgan fingerprint density at radius 1 is 0.965 bits per heavy atom. The third-order valence-corrected chi connectivity index (χ3v) is 12.7. The first-order valence-electron chi connectivity index (χ1n) is 20.8. The van der Waals surface area contributed by atoms with Crippen molar-refractivity contribution in [1.82, 2.24) is 40.2 Å². The number of benzene rings is 1. The second-order valence-electron chi connectivity index (χ2n) is 16.4. The molecule has 2 aliphatic carbocycles. The molecule has 3 aromatic rings. The molecular weight excluding hydrogens is 742 g/mol. The molecule has 3 N–H and O–H groups in total. The number of carbonyl (C=O) groups is 4. The Kier molecular flexibility index (Phi) is 11.9. The van der Waals surface area contributed by atoms with Crippen molar-refractivity contribution < 1.29 is 19.2 Å². The highest BCUT2D eigenvalue weighted by atomic mass is 35.5. The Hall–Kier alpha value is -4.80. The maximum absolute atomic E-state index is 13.2. The van der Waals surface area contributed by atoms with Crippen molar-refractivity contribution in [2.24, 2.45) is 18.9 Å². The lowest BCUT2D eigenvalue weighted by Gasteiger charge is -2.30. The van der Waals surface area contributed by atoms with E-state index in [4.69, 9.17) is 16.6 Å². The summed E-state index contributed by atoms with van der Waals surface area (Å²) in [5, 5.41) is 14.7. The number of hydrogen-bond acceptors (Lipinski definition) is 9. The minimum atomic E-state index is -0.647. The number of fused-ring (bicyclic) bond motifs is 1. The van der Waals surface area contributed by atoms with Crippen LogP contribution in [0, 0.1) is 23.7 Å². The summed E-state index contributed by atoms with van der Waals surface area (Å²) < 4.78 is 1.94. The maximum atomic E-state index is 13.2. The van der Waals surface area contributed by atoms with Crippen molar-refractivity contribution >= 4 is 41.2 Å². The largest absolute Gasteiger partial charge is 0.351 e. The Balaban J connectivity index is 0.722. The molecule has 4 amide bonds. The number of likely N-dealkylation sites (tertiary alicyclic amines) is 1. The van der Waals surface area contributed by atoms with Crippen LogP contribution in [0.1, 0.15) is 111 Å². The van der Waals surface area contributed by atoms with E-state index < -0.39 is 11.9 Å². The number of piperidine rings is 2. The Morgan fingerprint density at radius 3 is 2.53 bits per heavy atom. The predicted octanol–water partition coefficient (Wildman–Crippen LogP) is 5.02. The number of unbranched alkanes of at least 4 members (excludes halogenated alkanes) is 1. The van der Waals surface area contributed by atoms with Crippen LogP contribution in [0.3, 0.4) is 0 Å². The van der Waals surface area contributed by atoms with Gasteiger partial charge in [-0.25, -0.2) is 9.97 Å². The van der Waals surface area contributed by atoms with Gasteiger partial charge in [0.15, 0.2) is 0 Å². The van der Waals surface area contributed by atoms with Gasteiger partial charge in [0.2, 0.25) is 23.7 Å². The minimum Gasteiger partial charge on any atom is -0.351 e. The lowest BCUT2D eigenvalue weighted by atomic mass is 9.91. The van der Waals surface area contributed by atoms with Crippen molar-refractivity contribution in [3.8, 4) is 23.1 Å². The minimum absolute atomic E-state index is 0.176. The molecule has 2 aromatic heterocycles. The van der Waals surface area contributed by atoms with Gasteiger partial charge in [-0.05, 0) is 107 Å². The van der Waals surface area contributed by atoms with Gasteiger partial charge in [0, 0.05) is 79.9 Å². The molecule has 0 bridgehead atoms. The summed E-state index contributed by atoms with van der Waals surface area (Å²) in [6.07, 6.45) is 15.9. The van der Waals surface area contributed by atoms with E-state index in [2.05, 4.69) is 37.9 Å². The number of imide groups is 1. The van der Waals surface area contributed by atoms with Crippen molar-refractivity contribution in [1.29, 1.82) is 0 Å². The van der Waals surface area contributed by atoms with E-state index in [0.29, 0.717) is 61.1 Å². The summed E-state index contributed by atoms with van der Waals surface area (Å²) in [6.45, 7) is 2.63. The Morgan fingerprint density at radius 2 is 1.75 bits per heavy atom. The SMILES string of the molecule is Cn1ncc(-c2nc(NC3CCC(NCCCCC(=O)N4CCC(C#Cc5cccc6c5CN(C5CCC(=O)NC5=O)C6=O)CC4)CC3)ncc2Cl)c1CC1CC1. The molecule has 3 aliphatic heterocycles. The molecule has 5 heterocycles. The van der Waals surface area contributed by atoms with Crippen LogP contribution in [0.25, 0.3) is 11.3 Å². The molecule has 2 saturated heterocycles. The molecule has 300 valence electrons. The molecule has 1 atom stereocenters. The van der Waals surface area contributed by atoms with E-state index >= 15 is 0 Å². The molecule has 0 spiro atoms. The van der Waals surface area contributed by atoms with Crippen LogP contribution >= 0.6 is 11.6 Å². The number of anilines is 1. The van der Waals surface area contributed by atoms with Gasteiger partial charge in [-0.2, -0.15) is 5.10 Å². The van der Waals surface area contributed by atoms with E-state index in [0.717, 1.165) is 92.6 Å². The zero-order valence-electron chi connectivity index (χ0n) is 32.7. The monoisotopic (exact) mass is 793 g/mol. The first-order chi connectivity index (χ1) is 27.7. The summed E-state index contributed by atoms with van der Waals surface area (Å²) in [6, 6.07) is 5.67. The fourth-order valence-corrected chi connectivity index (χ4v) is 8.96. The highest BCUT2D eigenvalue weighted by molar-refractivity contribution is 6.33. The first-order valence-corrected chi connectivity index (χ1v) is 21.2. The molecule has 1 aromatic carbocycles. The highest BCUT2D eigenvalue weighted by Gasteiger charge is 2.40. The highest BCUT2D eigenvalue weighted by Crippen LogP contribution is 2.37. The number of halogens is 1. The van der Waals surface area contributed by atoms with Gasteiger partial charge >= 0.3 is 0 Å². The molecule has 14 heteroatoms. The second kappa shape index (κ2) is 17.4. The maximum Gasteiger partial charge on any atom is 0.255 e. The number of aromatic nitrogens is 4. The van der Waals surface area contributed by atoms with Gasteiger partial charge in [0.05, 0.1) is 23.1 Å². The predicted molar refractivity (Wildman–Crippen MR) is 216 cm³/mol. The van der Waals surface area contributed by atoms with Crippen molar-refractivity contribution in [2.75, 3.05) is 25.0 Å². The van der Waals surface area contributed by atoms with Crippen LogP contribution in [0.15, 0.2) is 30.6 Å². The lowest BCUT2D eigenvalue weighted by molar-refractivity contribution is -0.137. The number of rotatable bonds is 12. The summed E-state index contributed by atoms with van der Waals surface area (Å²) in [7, 11) is 1.98. The summed E-state index contributed by atoms with van der Waals surface area (Å²) in [4.78, 5) is 63.2. The fourth-order valence-electron chi connectivity index (χ4n) is 8.77. The second-order valence-corrected chi connectivity index (χ2v) is 16.8. The lowest BCUT2D eigenvalue weighted by Crippen LogP contribution is -2.52. The smallest absolute Gasteiger partial charge is 0.255 e. The van der Waals surface area contributed by atoms with E-state index in [1.807, 2.05) is 35.0 Å². The van der Waals surface area contributed by atoms with Gasteiger partial charge in [-0.15, -0.1) is 0 Å². The Labute approximate surface area is 339 Å². The molecular formula is C43H52ClN9O4. The molecule has 2 saturated carbocycles. The van der Waals surface area contributed by atoms with Crippen LogP contribution in [0.2, 0.25) is 5.02 Å². The van der Waals surface area contributed by atoms with Crippen LogP contribution in [0.5, 0.6) is 0 Å². The summed E-state index contributed by atoms with van der Waals surface area (Å²) in [5.41, 5.74) is 5.13. The molecule has 57 heavy (non-hydrogen) atoms. The van der Waals surface area contributed by atoms with Gasteiger partial charge in [0.1, 0.15) is 6.04 Å². The molecule has 13 nitrogen and oxygen atoms in total. The van der Waals surface area contributed by atoms with Gasteiger partial charge < -0.3 is 20.4 Å². The zero-order chi connectivity index (χ0) is 39.5. The summed E-state index contributed by atoms with van der Waals surface area (Å²) in [5.74, 6) is 7.56. The molecule has 1 unspecified atom stereocenters. The average molecular weight is 794 g/mol. The number of carbonyl (C=O) groups excluding carboxylic acids is 4. The summed E-state index contributed by atoms with van der Waals surface area (Å²) >= 11 is 6.58. The van der Waals surface area contributed by atoms with Crippen LogP contribution in [-0.2, 0) is 34.4 Å². The Bertz CT molecular complexity index is 2070. The van der Waals surface area contributed by atoms with Crippen molar-refractivity contribution in [3.63, 3.8) is 0 Å². The van der Waals surface area contributed by atoms with Crippen molar-refractivity contribution in [3.05, 3.63) is 58.0 Å². The van der Waals surface area contributed by atoms with Crippen molar-refractivity contribution in [2.45, 2.75) is 115 Å². The standard InChI is InChI=1S/C43H52ClN9O4/c1-51-37(23-28-8-9-28)33(24-47-51)40-35(44)25-46-43(50-40)48-31-14-12-30(13-15-31)45-20-3-2-7-39(55)52-21-18-27(19-22-52)10-11-29-5-4-6-32-34(29)26-53(42(32)57)36-16-17-38(54)49-41(36)56/h4-6,24-25,27-28,30-31,36,45H,2-3,7-9,12-23,26H2,1H3,(H,46,48,50)(H,49,54,56). The fraction of sp³-hybridized carbons (Fsp3) is 0.558. The van der Waals surface area contributed by atoms with E-state index in [1.54, 1.807) is 17.2 Å². The third-order valence-electron chi connectivity index (χ3n) is 12.4. The zero-order valence-corrected chi connectivity index (χ0v) is 33.5. The van der Waals surface area contributed by atoms with E-state index in [1.165, 1.54) is 18.5 Å². The molecule has 4 fully saturated rings. The number of hydrogen-bond donors (Lipinski definition) is 3. The van der Waals surface area contributed by atoms with Crippen LogP contribution < -0.4 is 16.0 Å². The molecule has 8 rings (SSSR count). The van der Waals surface area contributed by atoms with E-state index in [-0.39, 0.29) is 30.1 Å². The first kappa shape index (κ1) is 39.0. The number of nitrogens with zero attached hydrogens (tertiary/aromatic N) is 6. The van der Waals surface area contributed by atoms with Crippen LogP contribution in [0.4, 0.5) is 5.95 Å². The average Bonchev–Trinajstić information content (AvgIpc) is 3.88. The third kappa shape index (κ3) is 9.18. The normalized spacial score (nSPS) is 22.6. The molecule has 0 radical (unpaired) electrons. The number of aryl methyl sites for hydroxylation is 1. The molecule has 5 aliphatic rings. The van der Waals surface area contributed by atoms with Gasteiger partial charge in [-0.1, -0.05) is 29.5 Å².